The predicted molar refractivity (Wildman–Crippen MR) is 136 cm³/mol. The highest BCUT2D eigenvalue weighted by molar-refractivity contribution is 5.81. The summed E-state index contributed by atoms with van der Waals surface area (Å²) < 4.78 is 0. The Kier molecular flexibility index (Phi) is 7.25. The molecule has 0 N–H and O–H groups in total. The maximum absolute atomic E-state index is 13.4. The lowest BCUT2D eigenvalue weighted by Crippen LogP contribution is -2.27. The normalized spacial score (nSPS) is 28.8. The lowest BCUT2D eigenvalue weighted by molar-refractivity contribution is -0.124. The third-order valence-electron chi connectivity index (χ3n) is 7.66. The van der Waals surface area contributed by atoms with Crippen LogP contribution in [0.4, 0.5) is 0 Å². The summed E-state index contributed by atoms with van der Waals surface area (Å²) >= 11 is 0. The molecule has 0 aromatic heterocycles. The van der Waals surface area contributed by atoms with Crippen molar-refractivity contribution in [3.8, 4) is 0 Å². The first-order chi connectivity index (χ1) is 15.0. The van der Waals surface area contributed by atoms with Crippen LogP contribution in [0.3, 0.4) is 0 Å². The molecule has 5 atom stereocenters. The van der Waals surface area contributed by atoms with Gasteiger partial charge in [-0.1, -0.05) is 69.7 Å². The van der Waals surface area contributed by atoms with Crippen molar-refractivity contribution in [1.82, 2.24) is 0 Å². The SMILES string of the molecule is CC(C)C[C@@H](Cc1ccccc1)C(=O)C[C@@H]1CCCC(C2=C3C=CCC3C(C)C=N2)C1.[HH].[HH].[HH]. The zero-order valence-electron chi connectivity index (χ0n) is 19.6. The Morgan fingerprint density at radius 3 is 2.77 bits per heavy atom. The Balaban J connectivity index is 0.00000193. The smallest absolute Gasteiger partial charge is 0.136 e. The average Bonchev–Trinajstić information content (AvgIpc) is 3.25. The van der Waals surface area contributed by atoms with E-state index in [0.717, 1.165) is 32.1 Å². The standard InChI is InChI=1S/C29H39NO.3H2/c1-20(2)15-25(16-22-9-5-4-6-10-22)28(31)18-23-11-7-12-24(17-23)29-27-14-8-13-26(27)21(3)19-30-29;;;/h4-6,8-10,14,19-21,23-26H,7,11-13,15-18H2,1-3H3;3*1H/t21?,23-,24?,25+,26?;;;/m1.../s1. The summed E-state index contributed by atoms with van der Waals surface area (Å²) in [7, 11) is 0. The number of allylic oxidation sites excluding steroid dienone is 4. The predicted octanol–water partition coefficient (Wildman–Crippen LogP) is 7.95. The molecule has 0 radical (unpaired) electrons. The van der Waals surface area contributed by atoms with Crippen molar-refractivity contribution in [3.63, 3.8) is 0 Å². The molecule has 1 aromatic carbocycles. The second-order valence-corrected chi connectivity index (χ2v) is 10.6. The molecule has 1 saturated carbocycles. The van der Waals surface area contributed by atoms with E-state index in [1.165, 1.54) is 36.1 Å². The van der Waals surface area contributed by atoms with Gasteiger partial charge in [0.25, 0.3) is 0 Å². The first-order valence-corrected chi connectivity index (χ1v) is 12.5. The lowest BCUT2D eigenvalue weighted by Gasteiger charge is -2.33. The van der Waals surface area contributed by atoms with Crippen LogP contribution in [-0.4, -0.2) is 12.0 Å². The maximum Gasteiger partial charge on any atom is 0.136 e. The van der Waals surface area contributed by atoms with Crippen LogP contribution in [-0.2, 0) is 11.2 Å². The summed E-state index contributed by atoms with van der Waals surface area (Å²) in [6.07, 6.45) is 15.4. The lowest BCUT2D eigenvalue weighted by atomic mass is 9.73. The third kappa shape index (κ3) is 5.45. The van der Waals surface area contributed by atoms with Gasteiger partial charge < -0.3 is 0 Å². The summed E-state index contributed by atoms with van der Waals surface area (Å²) in [5, 5.41) is 0. The van der Waals surface area contributed by atoms with E-state index in [1.807, 2.05) is 0 Å². The first kappa shape index (κ1) is 22.2. The van der Waals surface area contributed by atoms with Gasteiger partial charge in [-0.05, 0) is 73.3 Å². The zero-order chi connectivity index (χ0) is 21.8. The minimum absolute atomic E-state index is 0. The number of fused-ring (bicyclic) bond motifs is 1. The van der Waals surface area contributed by atoms with Gasteiger partial charge in [0.05, 0.1) is 0 Å². The third-order valence-corrected chi connectivity index (χ3v) is 7.66. The molecule has 31 heavy (non-hydrogen) atoms. The van der Waals surface area contributed by atoms with E-state index >= 15 is 0 Å². The van der Waals surface area contributed by atoms with E-state index < -0.39 is 0 Å². The molecule has 172 valence electrons. The fourth-order valence-corrected chi connectivity index (χ4v) is 6.05. The number of carbonyl (C=O) groups excluding carboxylic acids is 1. The largest absolute Gasteiger partial charge is 0.299 e. The van der Waals surface area contributed by atoms with Gasteiger partial charge in [0, 0.05) is 34.4 Å². The molecule has 0 amide bonds. The summed E-state index contributed by atoms with van der Waals surface area (Å²) in [5.74, 6) is 3.42. The molecule has 2 aliphatic carbocycles. The van der Waals surface area contributed by atoms with Gasteiger partial charge in [-0.2, -0.15) is 0 Å². The van der Waals surface area contributed by atoms with E-state index in [-0.39, 0.29) is 10.2 Å². The molecule has 1 aromatic rings. The van der Waals surface area contributed by atoms with Crippen LogP contribution in [0.15, 0.2) is 58.7 Å². The fourth-order valence-electron chi connectivity index (χ4n) is 6.05. The van der Waals surface area contributed by atoms with E-state index in [0.29, 0.717) is 35.4 Å². The second kappa shape index (κ2) is 10.1. The molecule has 2 nitrogen and oxygen atoms in total. The van der Waals surface area contributed by atoms with Crippen LogP contribution in [0.2, 0.25) is 0 Å². The summed E-state index contributed by atoms with van der Waals surface area (Å²) in [6.45, 7) is 6.77. The molecule has 3 unspecified atom stereocenters. The first-order valence-electron chi connectivity index (χ1n) is 12.5. The quantitative estimate of drug-likeness (QED) is 0.417. The van der Waals surface area contributed by atoms with Gasteiger partial charge in [0.2, 0.25) is 0 Å². The van der Waals surface area contributed by atoms with Gasteiger partial charge in [-0.3, -0.25) is 9.79 Å². The van der Waals surface area contributed by atoms with Crippen LogP contribution in [0.5, 0.6) is 0 Å². The summed E-state index contributed by atoms with van der Waals surface area (Å²) in [6, 6.07) is 10.6. The molecule has 1 fully saturated rings. The summed E-state index contributed by atoms with van der Waals surface area (Å²) in [5.41, 5.74) is 4.13. The molecule has 0 spiro atoms. The number of hydrogen-bond acceptors (Lipinski definition) is 2. The fraction of sp³-hybridized carbons (Fsp3) is 0.586. The second-order valence-electron chi connectivity index (χ2n) is 10.6. The van der Waals surface area contributed by atoms with E-state index in [4.69, 9.17) is 4.99 Å². The number of nitrogens with zero attached hydrogens (tertiary/aromatic N) is 1. The number of ketones is 1. The zero-order valence-corrected chi connectivity index (χ0v) is 19.6. The molecule has 0 bridgehead atoms. The van der Waals surface area contributed by atoms with Gasteiger partial charge in [0.15, 0.2) is 0 Å². The number of Topliss-reactive ketones (excluding diaryl/α,β-unsaturated/α-hetero) is 1. The Bertz CT molecular complexity index is 861. The van der Waals surface area contributed by atoms with Crippen molar-refractivity contribution in [3.05, 3.63) is 59.3 Å². The van der Waals surface area contributed by atoms with Crippen LogP contribution >= 0.6 is 0 Å². The van der Waals surface area contributed by atoms with E-state index in [1.54, 1.807) is 0 Å². The monoisotopic (exact) mass is 423 g/mol. The van der Waals surface area contributed by atoms with Crippen molar-refractivity contribution in [2.24, 2.45) is 40.5 Å². The molecule has 1 aliphatic heterocycles. The topological polar surface area (TPSA) is 29.4 Å². The van der Waals surface area contributed by atoms with Crippen molar-refractivity contribution < 1.29 is 9.07 Å². The van der Waals surface area contributed by atoms with Crippen molar-refractivity contribution >= 4 is 12.0 Å². The minimum atomic E-state index is 0. The van der Waals surface area contributed by atoms with Crippen molar-refractivity contribution in [2.75, 3.05) is 0 Å². The summed E-state index contributed by atoms with van der Waals surface area (Å²) in [4.78, 5) is 18.3. The number of aliphatic imine (C=N–C) groups is 1. The molecule has 2 heteroatoms. The van der Waals surface area contributed by atoms with Crippen LogP contribution in [0, 0.1) is 35.5 Å². The molecule has 1 heterocycles. The van der Waals surface area contributed by atoms with Gasteiger partial charge in [0.1, 0.15) is 5.78 Å². The van der Waals surface area contributed by atoms with Gasteiger partial charge >= 0.3 is 0 Å². The Morgan fingerprint density at radius 1 is 1.19 bits per heavy atom. The van der Waals surface area contributed by atoms with Crippen LogP contribution < -0.4 is 0 Å². The average molecular weight is 424 g/mol. The number of hydrogen-bond donors (Lipinski definition) is 0. The highest BCUT2D eigenvalue weighted by Gasteiger charge is 2.34. The molecule has 4 rings (SSSR count). The van der Waals surface area contributed by atoms with Crippen molar-refractivity contribution in [1.29, 1.82) is 0 Å². The van der Waals surface area contributed by atoms with Crippen LogP contribution in [0.25, 0.3) is 0 Å². The highest BCUT2D eigenvalue weighted by atomic mass is 16.1. The highest BCUT2D eigenvalue weighted by Crippen LogP contribution is 2.44. The van der Waals surface area contributed by atoms with Crippen molar-refractivity contribution in [2.45, 2.75) is 72.1 Å². The van der Waals surface area contributed by atoms with E-state index in [9.17, 15) is 4.79 Å². The Labute approximate surface area is 193 Å². The van der Waals surface area contributed by atoms with Gasteiger partial charge in [-0.25, -0.2) is 0 Å². The number of carbonyl (C=O) groups is 1. The van der Waals surface area contributed by atoms with Gasteiger partial charge in [-0.15, -0.1) is 0 Å². The molecule has 0 saturated heterocycles. The Hall–Kier alpha value is -1.96. The van der Waals surface area contributed by atoms with Crippen LogP contribution in [0.1, 0.15) is 75.6 Å². The number of rotatable bonds is 8. The maximum atomic E-state index is 13.4. The molecule has 3 aliphatic rings. The molecular formula is C29H45NO. The number of benzene rings is 1. The molecular weight excluding hydrogens is 378 g/mol. The minimum Gasteiger partial charge on any atom is -0.299 e. The van der Waals surface area contributed by atoms with E-state index in [2.05, 4.69) is 69.5 Å². The Morgan fingerprint density at radius 2 is 2.00 bits per heavy atom.